The van der Waals surface area contributed by atoms with Crippen LogP contribution in [0.4, 0.5) is 11.4 Å². The van der Waals surface area contributed by atoms with E-state index in [-0.39, 0.29) is 5.91 Å². The van der Waals surface area contributed by atoms with Gasteiger partial charge in [-0.1, -0.05) is 29.4 Å². The Labute approximate surface area is 228 Å². The Morgan fingerprint density at radius 2 is 1.77 bits per heavy atom. The van der Waals surface area contributed by atoms with Crippen LogP contribution in [-0.4, -0.2) is 67.8 Å². The van der Waals surface area contributed by atoms with Crippen molar-refractivity contribution in [2.24, 2.45) is 0 Å². The molecule has 4 aromatic rings. The molecule has 1 aromatic heterocycles. The molecule has 0 fully saturated rings. The van der Waals surface area contributed by atoms with Gasteiger partial charge in [-0.15, -0.1) is 0 Å². The fraction of sp³-hybridized carbons (Fsp3) is 0.323. The molecule has 0 spiro atoms. The van der Waals surface area contributed by atoms with E-state index < -0.39 is 0 Å². The van der Waals surface area contributed by atoms with E-state index in [1.165, 1.54) is 5.56 Å². The van der Waals surface area contributed by atoms with Gasteiger partial charge in [0.1, 0.15) is 12.4 Å². The van der Waals surface area contributed by atoms with E-state index in [0.717, 1.165) is 65.4 Å². The SMILES string of the molecule is Cc1nc(-c2ccc(-c3ccc(C(=O)N4CCc5cc6c(cc54)N(CCN(C)C)CCO6)cc3)c(C)c2)no1. The minimum atomic E-state index is 0.0244. The van der Waals surface area contributed by atoms with Crippen LogP contribution in [0.1, 0.15) is 27.4 Å². The summed E-state index contributed by atoms with van der Waals surface area (Å²) in [5.41, 5.74) is 8.10. The van der Waals surface area contributed by atoms with E-state index in [0.29, 0.717) is 30.4 Å². The Balaban J connectivity index is 1.22. The van der Waals surface area contributed by atoms with Gasteiger partial charge in [0.15, 0.2) is 0 Å². The molecule has 8 nitrogen and oxygen atoms in total. The summed E-state index contributed by atoms with van der Waals surface area (Å²) in [6.45, 7) is 7.95. The number of anilines is 2. The second-order valence-corrected chi connectivity index (χ2v) is 10.5. The van der Waals surface area contributed by atoms with Crippen LogP contribution < -0.4 is 14.5 Å². The molecule has 0 unspecified atom stereocenters. The van der Waals surface area contributed by atoms with Gasteiger partial charge in [0, 0.05) is 43.4 Å². The van der Waals surface area contributed by atoms with Crippen LogP contribution in [0.5, 0.6) is 5.75 Å². The van der Waals surface area contributed by atoms with Crippen molar-refractivity contribution in [2.75, 3.05) is 56.7 Å². The summed E-state index contributed by atoms with van der Waals surface area (Å²) in [4.78, 5) is 24.4. The van der Waals surface area contributed by atoms with Crippen LogP contribution >= 0.6 is 0 Å². The van der Waals surface area contributed by atoms with Crippen LogP contribution in [0, 0.1) is 13.8 Å². The van der Waals surface area contributed by atoms with E-state index in [1.54, 1.807) is 6.92 Å². The maximum absolute atomic E-state index is 13.6. The fourth-order valence-corrected chi connectivity index (χ4v) is 5.41. The van der Waals surface area contributed by atoms with Crippen LogP contribution in [0.3, 0.4) is 0 Å². The van der Waals surface area contributed by atoms with Crippen molar-refractivity contribution in [2.45, 2.75) is 20.3 Å². The molecule has 0 N–H and O–H groups in total. The van der Waals surface area contributed by atoms with Gasteiger partial charge < -0.3 is 24.0 Å². The number of hydrogen-bond acceptors (Lipinski definition) is 7. The molecule has 0 bridgehead atoms. The van der Waals surface area contributed by atoms with E-state index in [4.69, 9.17) is 9.26 Å². The van der Waals surface area contributed by atoms with E-state index >= 15 is 0 Å². The quantitative estimate of drug-likeness (QED) is 0.353. The zero-order valence-corrected chi connectivity index (χ0v) is 22.9. The highest BCUT2D eigenvalue weighted by Gasteiger charge is 2.30. The summed E-state index contributed by atoms with van der Waals surface area (Å²) >= 11 is 0. The first kappa shape index (κ1) is 25.1. The van der Waals surface area contributed by atoms with Crippen LogP contribution in [0.2, 0.25) is 0 Å². The van der Waals surface area contributed by atoms with Gasteiger partial charge in [0.05, 0.1) is 12.2 Å². The van der Waals surface area contributed by atoms with Gasteiger partial charge in [0.25, 0.3) is 5.91 Å². The Kier molecular flexibility index (Phi) is 6.56. The first-order valence-corrected chi connectivity index (χ1v) is 13.4. The maximum Gasteiger partial charge on any atom is 0.258 e. The molecule has 1 amide bonds. The Hall–Kier alpha value is -4.17. The molecule has 8 heteroatoms. The molecular weight excluding hydrogens is 490 g/mol. The van der Waals surface area contributed by atoms with Gasteiger partial charge >= 0.3 is 0 Å². The molecule has 0 atom stereocenters. The second kappa shape index (κ2) is 10.2. The second-order valence-electron chi connectivity index (χ2n) is 10.5. The molecule has 0 aliphatic carbocycles. The number of fused-ring (bicyclic) bond motifs is 2. The van der Waals surface area contributed by atoms with Gasteiger partial charge in [-0.25, -0.2) is 0 Å². The third kappa shape index (κ3) is 4.88. The molecule has 2 aliphatic heterocycles. The maximum atomic E-state index is 13.6. The fourth-order valence-electron chi connectivity index (χ4n) is 5.41. The number of aromatic nitrogens is 2. The number of rotatable bonds is 6. The standard InChI is InChI=1S/C31H33N5O3/c1-20-17-25(30-32-21(2)39-33-30)9-10-26(20)22-5-7-23(8-6-22)31(37)36-12-11-24-18-29-28(19-27(24)36)35(15-16-38-29)14-13-34(3)4/h5-10,17-19H,11-16H2,1-4H3. The molecule has 0 saturated heterocycles. The highest BCUT2D eigenvalue weighted by atomic mass is 16.5. The zero-order valence-electron chi connectivity index (χ0n) is 22.9. The van der Waals surface area contributed by atoms with Gasteiger partial charge in [-0.05, 0) is 80.0 Å². The Bertz CT molecular complexity index is 1530. The number of carbonyl (C=O) groups is 1. The first-order chi connectivity index (χ1) is 18.9. The summed E-state index contributed by atoms with van der Waals surface area (Å²) < 4.78 is 11.1. The lowest BCUT2D eigenvalue weighted by atomic mass is 9.97. The number of benzene rings is 3. The molecule has 39 heavy (non-hydrogen) atoms. The highest BCUT2D eigenvalue weighted by molar-refractivity contribution is 6.08. The highest BCUT2D eigenvalue weighted by Crippen LogP contribution is 2.41. The minimum absolute atomic E-state index is 0.0244. The number of hydrogen-bond donors (Lipinski definition) is 0. The number of nitrogens with zero attached hydrogens (tertiary/aromatic N) is 5. The number of carbonyl (C=O) groups excluding carboxylic acids is 1. The smallest absolute Gasteiger partial charge is 0.258 e. The van der Waals surface area contributed by atoms with Crippen molar-refractivity contribution in [3.8, 4) is 28.3 Å². The number of aryl methyl sites for hydroxylation is 2. The van der Waals surface area contributed by atoms with Crippen molar-refractivity contribution in [1.29, 1.82) is 0 Å². The van der Waals surface area contributed by atoms with Gasteiger partial charge in [0.2, 0.25) is 11.7 Å². The Morgan fingerprint density at radius 1 is 0.974 bits per heavy atom. The predicted octanol–water partition coefficient (Wildman–Crippen LogP) is 4.98. The lowest BCUT2D eigenvalue weighted by molar-refractivity contribution is 0.0989. The average molecular weight is 524 g/mol. The summed E-state index contributed by atoms with van der Waals surface area (Å²) in [6, 6.07) is 18.3. The largest absolute Gasteiger partial charge is 0.490 e. The molecule has 2 aliphatic rings. The van der Waals surface area contributed by atoms with Crippen molar-refractivity contribution in [3.63, 3.8) is 0 Å². The topological polar surface area (TPSA) is 74.9 Å². The molecule has 6 rings (SSSR count). The van der Waals surface area contributed by atoms with Crippen molar-refractivity contribution in [1.82, 2.24) is 15.0 Å². The molecular formula is C31H33N5O3. The van der Waals surface area contributed by atoms with Crippen LogP contribution in [0.25, 0.3) is 22.5 Å². The third-order valence-corrected chi connectivity index (χ3v) is 7.53. The zero-order chi connectivity index (χ0) is 27.1. The average Bonchev–Trinajstić information content (AvgIpc) is 3.56. The lowest BCUT2D eigenvalue weighted by Crippen LogP contribution is -2.37. The molecule has 0 radical (unpaired) electrons. The van der Waals surface area contributed by atoms with Gasteiger partial charge in [-0.2, -0.15) is 4.98 Å². The normalized spacial score (nSPS) is 14.4. The molecule has 3 aromatic carbocycles. The van der Waals surface area contributed by atoms with E-state index in [1.807, 2.05) is 35.2 Å². The van der Waals surface area contributed by atoms with Crippen molar-refractivity contribution in [3.05, 3.63) is 77.2 Å². The summed E-state index contributed by atoms with van der Waals surface area (Å²) in [7, 11) is 4.17. The number of likely N-dealkylation sites (N-methyl/N-ethyl adjacent to an activating group) is 1. The number of amides is 1. The summed E-state index contributed by atoms with van der Waals surface area (Å²) in [5.74, 6) is 2.08. The lowest BCUT2D eigenvalue weighted by Gasteiger charge is -2.33. The van der Waals surface area contributed by atoms with E-state index in [2.05, 4.69) is 65.2 Å². The van der Waals surface area contributed by atoms with Crippen LogP contribution in [-0.2, 0) is 6.42 Å². The Morgan fingerprint density at radius 3 is 2.49 bits per heavy atom. The predicted molar refractivity (Wildman–Crippen MR) is 153 cm³/mol. The van der Waals surface area contributed by atoms with Crippen LogP contribution in [0.15, 0.2) is 59.1 Å². The van der Waals surface area contributed by atoms with Gasteiger partial charge in [-0.3, -0.25) is 4.79 Å². The molecule has 3 heterocycles. The first-order valence-electron chi connectivity index (χ1n) is 13.4. The monoisotopic (exact) mass is 523 g/mol. The third-order valence-electron chi connectivity index (χ3n) is 7.53. The summed E-state index contributed by atoms with van der Waals surface area (Å²) in [6.07, 6.45) is 0.832. The van der Waals surface area contributed by atoms with Crippen molar-refractivity contribution >= 4 is 17.3 Å². The van der Waals surface area contributed by atoms with Crippen molar-refractivity contribution < 1.29 is 14.1 Å². The van der Waals surface area contributed by atoms with E-state index in [9.17, 15) is 4.79 Å². The molecule has 0 saturated carbocycles. The number of ether oxygens (including phenoxy) is 1. The molecule has 200 valence electrons. The summed E-state index contributed by atoms with van der Waals surface area (Å²) in [5, 5.41) is 4.02. The minimum Gasteiger partial charge on any atom is -0.490 e.